The van der Waals surface area contributed by atoms with Crippen LogP contribution in [0.5, 0.6) is 0 Å². The maximum atomic E-state index is 13.1. The van der Waals surface area contributed by atoms with Crippen LogP contribution < -0.4 is 0 Å². The summed E-state index contributed by atoms with van der Waals surface area (Å²) < 4.78 is 33.6. The van der Waals surface area contributed by atoms with E-state index in [1.54, 1.807) is 23.5 Å². The van der Waals surface area contributed by atoms with E-state index < -0.39 is 10.0 Å². The summed E-state index contributed by atoms with van der Waals surface area (Å²) in [6.45, 7) is 7.55. The van der Waals surface area contributed by atoms with Gasteiger partial charge in [0.05, 0.1) is 11.0 Å². The van der Waals surface area contributed by atoms with Crippen LogP contribution in [0.4, 0.5) is 0 Å². The summed E-state index contributed by atoms with van der Waals surface area (Å²) in [5, 5.41) is 0. The number of methoxy groups -OCH3 is 1. The smallest absolute Gasteiger partial charge is 0.243 e. The molecule has 1 saturated carbocycles. The fourth-order valence-corrected chi connectivity index (χ4v) is 5.46. The number of nitrogens with zero attached hydrogens (tertiary/aromatic N) is 1. The molecular formula is C21H33NO3S. The largest absolute Gasteiger partial charge is 0.381 e. The molecule has 4 nitrogen and oxygen atoms in total. The van der Waals surface area contributed by atoms with Crippen molar-refractivity contribution in [2.75, 3.05) is 20.2 Å². The highest BCUT2D eigenvalue weighted by atomic mass is 32.2. The van der Waals surface area contributed by atoms with Crippen molar-refractivity contribution in [1.82, 2.24) is 4.31 Å². The number of rotatable bonds is 5. The molecule has 0 N–H and O–H groups in total. The van der Waals surface area contributed by atoms with Crippen molar-refractivity contribution in [2.24, 2.45) is 11.8 Å². The standard InChI is InChI=1S/C21H33NO3S/c1-21(2,3)18-7-9-19(10-8-18)26(23,24)22-13-11-17(15-16-5-6-16)20(25-4)12-14-22/h7-10,16-17,20H,5-6,11-15H2,1-4H3. The number of sulfonamides is 1. The molecule has 146 valence electrons. The summed E-state index contributed by atoms with van der Waals surface area (Å²) in [5.41, 5.74) is 1.17. The lowest BCUT2D eigenvalue weighted by atomic mass is 9.87. The second-order valence-corrected chi connectivity index (χ2v) is 10.9. The number of hydrogen-bond acceptors (Lipinski definition) is 3. The lowest BCUT2D eigenvalue weighted by molar-refractivity contribution is 0.0439. The molecule has 3 rings (SSSR count). The Morgan fingerprint density at radius 2 is 1.65 bits per heavy atom. The normalized spacial score (nSPS) is 25.8. The van der Waals surface area contributed by atoms with E-state index in [0.717, 1.165) is 24.3 Å². The Bertz CT molecular complexity index is 702. The number of ether oxygens (including phenoxy) is 1. The zero-order valence-electron chi connectivity index (χ0n) is 16.6. The molecule has 0 aromatic heterocycles. The van der Waals surface area contributed by atoms with Gasteiger partial charge in [-0.3, -0.25) is 0 Å². The molecule has 1 heterocycles. The first-order valence-corrected chi connectivity index (χ1v) is 11.3. The van der Waals surface area contributed by atoms with Gasteiger partial charge >= 0.3 is 0 Å². The second-order valence-electron chi connectivity index (χ2n) is 8.97. The molecule has 1 aliphatic carbocycles. The van der Waals surface area contributed by atoms with Crippen LogP contribution >= 0.6 is 0 Å². The van der Waals surface area contributed by atoms with Gasteiger partial charge in [-0.05, 0) is 54.2 Å². The third-order valence-corrected chi connectivity index (χ3v) is 7.84. The molecule has 0 bridgehead atoms. The Morgan fingerprint density at radius 3 is 2.19 bits per heavy atom. The van der Waals surface area contributed by atoms with Crippen LogP contribution in [0.25, 0.3) is 0 Å². The molecule has 1 saturated heterocycles. The zero-order valence-corrected chi connectivity index (χ0v) is 17.4. The van der Waals surface area contributed by atoms with Crippen LogP contribution in [-0.2, 0) is 20.2 Å². The van der Waals surface area contributed by atoms with Crippen molar-refractivity contribution in [3.8, 4) is 0 Å². The van der Waals surface area contributed by atoms with Gasteiger partial charge in [-0.1, -0.05) is 45.7 Å². The van der Waals surface area contributed by atoms with Gasteiger partial charge in [0.15, 0.2) is 0 Å². The first-order valence-electron chi connectivity index (χ1n) is 9.85. The Hall–Kier alpha value is -0.910. The van der Waals surface area contributed by atoms with Crippen molar-refractivity contribution in [2.45, 2.75) is 69.3 Å². The molecule has 0 radical (unpaired) electrons. The third kappa shape index (κ3) is 4.49. The molecule has 2 unspecified atom stereocenters. The fourth-order valence-electron chi connectivity index (χ4n) is 3.99. The molecule has 2 aliphatic rings. The molecule has 5 heteroatoms. The predicted molar refractivity (Wildman–Crippen MR) is 105 cm³/mol. The van der Waals surface area contributed by atoms with E-state index in [1.165, 1.54) is 19.3 Å². The first-order chi connectivity index (χ1) is 12.2. The van der Waals surface area contributed by atoms with Crippen molar-refractivity contribution in [3.63, 3.8) is 0 Å². The zero-order chi connectivity index (χ0) is 18.9. The van der Waals surface area contributed by atoms with E-state index in [0.29, 0.717) is 23.9 Å². The maximum absolute atomic E-state index is 13.1. The van der Waals surface area contributed by atoms with Crippen molar-refractivity contribution in [3.05, 3.63) is 29.8 Å². The predicted octanol–water partition coefficient (Wildman–Crippen LogP) is 4.20. The van der Waals surface area contributed by atoms with Gasteiger partial charge in [-0.15, -0.1) is 0 Å². The maximum Gasteiger partial charge on any atom is 0.243 e. The van der Waals surface area contributed by atoms with Gasteiger partial charge in [0.1, 0.15) is 0 Å². The summed E-state index contributed by atoms with van der Waals surface area (Å²) in [6.07, 6.45) is 5.71. The highest BCUT2D eigenvalue weighted by Gasteiger charge is 2.35. The van der Waals surface area contributed by atoms with Gasteiger partial charge in [0, 0.05) is 20.2 Å². The fraction of sp³-hybridized carbons (Fsp3) is 0.714. The summed E-state index contributed by atoms with van der Waals surface area (Å²) >= 11 is 0. The molecule has 26 heavy (non-hydrogen) atoms. The minimum Gasteiger partial charge on any atom is -0.381 e. The SMILES string of the molecule is COC1CCN(S(=O)(=O)c2ccc(C(C)(C)C)cc2)CCC1CC1CC1. The van der Waals surface area contributed by atoms with Gasteiger partial charge in [0.25, 0.3) is 0 Å². The van der Waals surface area contributed by atoms with E-state index in [2.05, 4.69) is 20.8 Å². The van der Waals surface area contributed by atoms with Crippen LogP contribution in [0, 0.1) is 11.8 Å². The molecule has 1 aliphatic heterocycles. The molecule has 2 fully saturated rings. The molecule has 1 aromatic carbocycles. The lowest BCUT2D eigenvalue weighted by Gasteiger charge is -2.23. The minimum atomic E-state index is -3.44. The van der Waals surface area contributed by atoms with Gasteiger partial charge in [-0.2, -0.15) is 4.31 Å². The average Bonchev–Trinajstić information content (AvgIpc) is 3.41. The van der Waals surface area contributed by atoms with E-state index in [9.17, 15) is 8.42 Å². The van der Waals surface area contributed by atoms with Gasteiger partial charge < -0.3 is 4.74 Å². The average molecular weight is 380 g/mol. The lowest BCUT2D eigenvalue weighted by Crippen LogP contribution is -2.32. The minimum absolute atomic E-state index is 0.0205. The van der Waals surface area contributed by atoms with Crippen molar-refractivity contribution < 1.29 is 13.2 Å². The van der Waals surface area contributed by atoms with Crippen LogP contribution in [0.15, 0.2) is 29.2 Å². The number of hydrogen-bond donors (Lipinski definition) is 0. The summed E-state index contributed by atoms with van der Waals surface area (Å²) in [4.78, 5) is 0.403. The van der Waals surface area contributed by atoms with Crippen molar-refractivity contribution >= 4 is 10.0 Å². The topological polar surface area (TPSA) is 46.6 Å². The molecule has 0 amide bonds. The first kappa shape index (κ1) is 19.8. The van der Waals surface area contributed by atoms with Gasteiger partial charge in [-0.25, -0.2) is 8.42 Å². The molecule has 1 aromatic rings. The molecule has 0 spiro atoms. The monoisotopic (exact) mass is 379 g/mol. The Labute approximate surface area is 159 Å². The number of benzene rings is 1. The van der Waals surface area contributed by atoms with E-state index >= 15 is 0 Å². The Kier molecular flexibility index (Phi) is 5.80. The second kappa shape index (κ2) is 7.61. The van der Waals surface area contributed by atoms with Crippen LogP contribution in [0.1, 0.15) is 58.4 Å². The van der Waals surface area contributed by atoms with Crippen LogP contribution in [0.2, 0.25) is 0 Å². The third-order valence-electron chi connectivity index (χ3n) is 5.93. The molecular weight excluding hydrogens is 346 g/mol. The Morgan fingerprint density at radius 1 is 1.04 bits per heavy atom. The van der Waals surface area contributed by atoms with E-state index in [4.69, 9.17) is 4.74 Å². The Balaban J connectivity index is 1.74. The highest BCUT2D eigenvalue weighted by molar-refractivity contribution is 7.89. The van der Waals surface area contributed by atoms with E-state index in [-0.39, 0.29) is 11.5 Å². The van der Waals surface area contributed by atoms with Gasteiger partial charge in [0.2, 0.25) is 10.0 Å². The summed E-state index contributed by atoms with van der Waals surface area (Å²) in [7, 11) is -1.67. The molecule has 2 atom stereocenters. The quantitative estimate of drug-likeness (QED) is 0.770. The van der Waals surface area contributed by atoms with E-state index in [1.807, 2.05) is 12.1 Å². The highest BCUT2D eigenvalue weighted by Crippen LogP contribution is 2.39. The van der Waals surface area contributed by atoms with Crippen molar-refractivity contribution in [1.29, 1.82) is 0 Å². The van der Waals surface area contributed by atoms with Crippen LogP contribution in [-0.4, -0.2) is 39.0 Å². The summed E-state index contributed by atoms with van der Waals surface area (Å²) in [6, 6.07) is 7.41. The summed E-state index contributed by atoms with van der Waals surface area (Å²) in [5.74, 6) is 1.32. The van der Waals surface area contributed by atoms with Crippen LogP contribution in [0.3, 0.4) is 0 Å².